The fourth-order valence-electron chi connectivity index (χ4n) is 3.27. The summed E-state index contributed by atoms with van der Waals surface area (Å²) in [6.45, 7) is 3.98. The van der Waals surface area contributed by atoms with Crippen molar-refractivity contribution in [1.29, 1.82) is 0 Å². The molecular weight excluding hydrogens is 408 g/mol. The van der Waals surface area contributed by atoms with Crippen molar-refractivity contribution >= 4 is 28.6 Å². The number of aromatic amines is 1. The number of carbonyl (C=O) groups excluding carboxylic acids is 3. The first-order valence-corrected chi connectivity index (χ1v) is 10.6. The number of para-hydroxylation sites is 1. The number of fused-ring (bicyclic) bond motifs is 1. The highest BCUT2D eigenvalue weighted by Crippen LogP contribution is 2.19. The van der Waals surface area contributed by atoms with Crippen LogP contribution >= 0.6 is 0 Å². The van der Waals surface area contributed by atoms with E-state index in [0.717, 1.165) is 16.5 Å². The number of phenolic OH excluding ortho intramolecular Hbond substituents is 1. The van der Waals surface area contributed by atoms with Crippen LogP contribution in [-0.4, -0.2) is 46.9 Å². The third-order valence-electron chi connectivity index (χ3n) is 5.10. The van der Waals surface area contributed by atoms with Crippen molar-refractivity contribution in [3.05, 3.63) is 65.9 Å². The van der Waals surface area contributed by atoms with Crippen molar-refractivity contribution in [2.45, 2.75) is 26.3 Å². The van der Waals surface area contributed by atoms with Gasteiger partial charge in [-0.05, 0) is 35.9 Å². The lowest BCUT2D eigenvalue weighted by atomic mass is 10.0. The molecule has 0 aliphatic carbocycles. The number of hydrogen-bond donors (Lipinski definition) is 5. The Morgan fingerprint density at radius 1 is 0.938 bits per heavy atom. The van der Waals surface area contributed by atoms with Crippen LogP contribution in [0.25, 0.3) is 10.9 Å². The van der Waals surface area contributed by atoms with Crippen LogP contribution in [0.3, 0.4) is 0 Å². The van der Waals surface area contributed by atoms with Crippen molar-refractivity contribution in [3.63, 3.8) is 0 Å². The van der Waals surface area contributed by atoms with Gasteiger partial charge in [-0.25, -0.2) is 0 Å². The van der Waals surface area contributed by atoms with Crippen molar-refractivity contribution in [2.75, 3.05) is 13.1 Å². The van der Waals surface area contributed by atoms with Gasteiger partial charge in [0.05, 0.1) is 0 Å². The minimum absolute atomic E-state index is 0.0819. The van der Waals surface area contributed by atoms with E-state index in [1.165, 1.54) is 24.3 Å². The van der Waals surface area contributed by atoms with E-state index < -0.39 is 6.04 Å². The summed E-state index contributed by atoms with van der Waals surface area (Å²) in [6.07, 6.45) is 2.19. The Balaban J connectivity index is 1.58. The predicted octanol–water partition coefficient (Wildman–Crippen LogP) is 2.10. The molecule has 0 saturated heterocycles. The Labute approximate surface area is 186 Å². The largest absolute Gasteiger partial charge is 0.508 e. The van der Waals surface area contributed by atoms with Crippen LogP contribution in [0.4, 0.5) is 0 Å². The predicted molar refractivity (Wildman–Crippen MR) is 122 cm³/mol. The second kappa shape index (κ2) is 10.5. The van der Waals surface area contributed by atoms with Crippen molar-refractivity contribution in [2.24, 2.45) is 5.92 Å². The molecule has 5 N–H and O–H groups in total. The van der Waals surface area contributed by atoms with Gasteiger partial charge in [0.1, 0.15) is 11.8 Å². The van der Waals surface area contributed by atoms with Gasteiger partial charge in [0.25, 0.3) is 5.91 Å². The maximum atomic E-state index is 12.8. The van der Waals surface area contributed by atoms with Gasteiger partial charge in [-0.3, -0.25) is 14.4 Å². The molecule has 1 unspecified atom stereocenters. The Bertz CT molecular complexity index is 1090. The highest BCUT2D eigenvalue weighted by atomic mass is 16.3. The van der Waals surface area contributed by atoms with Crippen LogP contribution in [0, 0.1) is 5.92 Å². The summed E-state index contributed by atoms with van der Waals surface area (Å²) in [5.41, 5.74) is 2.31. The monoisotopic (exact) mass is 436 g/mol. The van der Waals surface area contributed by atoms with Gasteiger partial charge in [-0.1, -0.05) is 32.0 Å². The maximum absolute atomic E-state index is 12.8. The molecule has 2 aromatic carbocycles. The van der Waals surface area contributed by atoms with Gasteiger partial charge in [0.15, 0.2) is 0 Å². The molecule has 0 radical (unpaired) electrons. The normalized spacial score (nSPS) is 11.8. The molecule has 8 heteroatoms. The molecule has 8 nitrogen and oxygen atoms in total. The highest BCUT2D eigenvalue weighted by Gasteiger charge is 2.23. The summed E-state index contributed by atoms with van der Waals surface area (Å²) in [5.74, 6) is -0.993. The second-order valence-electron chi connectivity index (χ2n) is 7.87. The molecule has 3 rings (SSSR count). The van der Waals surface area contributed by atoms with Gasteiger partial charge in [-0.2, -0.15) is 0 Å². The Morgan fingerprint density at radius 2 is 1.62 bits per heavy atom. The van der Waals surface area contributed by atoms with Crippen LogP contribution in [0.5, 0.6) is 5.75 Å². The standard InChI is InChI=1S/C24H28N4O4/c1-15(2)22(30)28-21(13-17-14-27-20-6-4-3-5-19(17)20)24(32)26-12-11-25-23(31)16-7-9-18(29)10-8-16/h3-10,14-15,21,27,29H,11-13H2,1-2H3,(H,25,31)(H,26,32)(H,28,30). The highest BCUT2D eigenvalue weighted by molar-refractivity contribution is 5.94. The topological polar surface area (TPSA) is 123 Å². The summed E-state index contributed by atoms with van der Waals surface area (Å²) in [7, 11) is 0. The van der Waals surface area contributed by atoms with E-state index in [4.69, 9.17) is 0 Å². The van der Waals surface area contributed by atoms with Crippen molar-refractivity contribution in [1.82, 2.24) is 20.9 Å². The lowest BCUT2D eigenvalue weighted by Gasteiger charge is -2.19. The van der Waals surface area contributed by atoms with Crippen molar-refractivity contribution < 1.29 is 19.5 Å². The number of aromatic hydroxyl groups is 1. The Morgan fingerprint density at radius 3 is 2.34 bits per heavy atom. The summed E-state index contributed by atoms with van der Waals surface area (Å²) in [5, 5.41) is 18.6. The first-order chi connectivity index (χ1) is 15.3. The molecule has 3 amide bonds. The fourth-order valence-corrected chi connectivity index (χ4v) is 3.27. The van der Waals surface area contributed by atoms with E-state index in [1.807, 2.05) is 30.5 Å². The number of amides is 3. The third kappa shape index (κ3) is 5.87. The zero-order chi connectivity index (χ0) is 23.1. The lowest BCUT2D eigenvalue weighted by molar-refractivity contribution is -0.130. The zero-order valence-corrected chi connectivity index (χ0v) is 18.1. The lowest BCUT2D eigenvalue weighted by Crippen LogP contribution is -2.50. The maximum Gasteiger partial charge on any atom is 0.251 e. The van der Waals surface area contributed by atoms with Gasteiger partial charge >= 0.3 is 0 Å². The quantitative estimate of drug-likeness (QED) is 0.330. The number of phenols is 1. The minimum atomic E-state index is -0.739. The molecular formula is C24H28N4O4. The van der Waals surface area contributed by atoms with E-state index >= 15 is 0 Å². The molecule has 1 heterocycles. The summed E-state index contributed by atoms with van der Waals surface area (Å²) in [6, 6.07) is 12.9. The average molecular weight is 437 g/mol. The summed E-state index contributed by atoms with van der Waals surface area (Å²) < 4.78 is 0. The molecule has 0 fully saturated rings. The van der Waals surface area contributed by atoms with Crippen LogP contribution < -0.4 is 16.0 Å². The van der Waals surface area contributed by atoms with E-state index in [0.29, 0.717) is 12.0 Å². The molecule has 1 atom stereocenters. The molecule has 168 valence electrons. The molecule has 0 saturated carbocycles. The first kappa shape index (κ1) is 22.9. The van der Waals surface area contributed by atoms with Crippen molar-refractivity contribution in [3.8, 4) is 5.75 Å². The number of H-pyrrole nitrogens is 1. The van der Waals surface area contributed by atoms with E-state index in [9.17, 15) is 19.5 Å². The van der Waals surface area contributed by atoms with E-state index in [-0.39, 0.29) is 42.5 Å². The second-order valence-corrected chi connectivity index (χ2v) is 7.87. The van der Waals surface area contributed by atoms with Crippen LogP contribution in [0.15, 0.2) is 54.7 Å². The molecule has 1 aromatic heterocycles. The number of benzene rings is 2. The average Bonchev–Trinajstić information content (AvgIpc) is 3.19. The van der Waals surface area contributed by atoms with Crippen LogP contribution in [0.1, 0.15) is 29.8 Å². The molecule has 32 heavy (non-hydrogen) atoms. The van der Waals surface area contributed by atoms with Gasteiger partial charge in [0, 0.05) is 48.1 Å². The SMILES string of the molecule is CC(C)C(=O)NC(Cc1c[nH]c2ccccc12)C(=O)NCCNC(=O)c1ccc(O)cc1. The number of carbonyl (C=O) groups is 3. The summed E-state index contributed by atoms with van der Waals surface area (Å²) in [4.78, 5) is 40.4. The Kier molecular flexibility index (Phi) is 7.49. The first-order valence-electron chi connectivity index (χ1n) is 10.6. The zero-order valence-electron chi connectivity index (χ0n) is 18.1. The van der Waals surface area contributed by atoms with E-state index in [2.05, 4.69) is 20.9 Å². The van der Waals surface area contributed by atoms with E-state index in [1.54, 1.807) is 13.8 Å². The smallest absolute Gasteiger partial charge is 0.251 e. The fraction of sp³-hybridized carbons (Fsp3) is 0.292. The number of rotatable bonds is 9. The minimum Gasteiger partial charge on any atom is -0.508 e. The molecule has 0 bridgehead atoms. The molecule has 3 aromatic rings. The van der Waals surface area contributed by atoms with Gasteiger partial charge in [0.2, 0.25) is 11.8 Å². The third-order valence-corrected chi connectivity index (χ3v) is 5.10. The number of hydrogen-bond acceptors (Lipinski definition) is 4. The van der Waals surface area contributed by atoms with Gasteiger partial charge < -0.3 is 26.0 Å². The van der Waals surface area contributed by atoms with Crippen LogP contribution in [0.2, 0.25) is 0 Å². The Hall–Kier alpha value is -3.81. The molecule has 0 aliphatic heterocycles. The van der Waals surface area contributed by atoms with Gasteiger partial charge in [-0.15, -0.1) is 0 Å². The number of aromatic nitrogens is 1. The van der Waals surface area contributed by atoms with Crippen LogP contribution in [-0.2, 0) is 16.0 Å². The number of nitrogens with one attached hydrogen (secondary N) is 4. The molecule has 0 aliphatic rings. The summed E-state index contributed by atoms with van der Waals surface area (Å²) >= 11 is 0. The molecule has 0 spiro atoms.